The quantitative estimate of drug-likeness (QED) is 0.549. The van der Waals surface area contributed by atoms with Crippen LogP contribution >= 0.6 is 0 Å². The molecule has 1 aromatic carbocycles. The molecule has 0 bridgehead atoms. The number of carboxylic acids is 2. The van der Waals surface area contributed by atoms with Crippen LogP contribution in [0.15, 0.2) is 54.9 Å². The summed E-state index contributed by atoms with van der Waals surface area (Å²) in [5.41, 5.74) is 0.603. The maximum Gasteiger partial charge on any atom is 0.312 e. The Morgan fingerprint density at radius 3 is 2.35 bits per heavy atom. The molecular weight excluding hydrogens is 298 g/mol. The maximum absolute atomic E-state index is 10.8. The number of carbonyl (C=O) groups is 2. The average Bonchev–Trinajstić information content (AvgIpc) is 2.54. The Hall–Kier alpha value is -2.89. The zero-order valence-corrected chi connectivity index (χ0v) is 12.4. The number of aliphatic carboxylic acids is 2. The van der Waals surface area contributed by atoms with Crippen molar-refractivity contribution in [2.45, 2.75) is 13.0 Å². The SMILES string of the molecule is O=C([O-])C(Cc1ccc(OCC[n+]2ccccc2)cc1)C(=O)O. The normalized spacial score (nSPS) is 11.7. The Bertz CT molecular complexity index is 640. The van der Waals surface area contributed by atoms with Gasteiger partial charge in [0.25, 0.3) is 0 Å². The standard InChI is InChI=1S/C17H17NO5/c19-16(20)15(17(21)22)12-13-4-6-14(7-5-13)23-11-10-18-8-2-1-3-9-18/h1-9,15H,10-12H2,(H-,19,20,21,22). The van der Waals surface area contributed by atoms with Crippen LogP contribution < -0.4 is 14.4 Å². The van der Waals surface area contributed by atoms with Crippen LogP contribution in [0.25, 0.3) is 0 Å². The summed E-state index contributed by atoms with van der Waals surface area (Å²) in [5.74, 6) is -3.88. The fourth-order valence-corrected chi connectivity index (χ4v) is 2.08. The van der Waals surface area contributed by atoms with Crippen molar-refractivity contribution in [3.8, 4) is 5.75 Å². The summed E-state index contributed by atoms with van der Waals surface area (Å²) >= 11 is 0. The van der Waals surface area contributed by atoms with Crippen LogP contribution in [0.1, 0.15) is 5.56 Å². The first-order chi connectivity index (χ1) is 11.1. The van der Waals surface area contributed by atoms with Crippen LogP contribution in [-0.4, -0.2) is 23.7 Å². The smallest absolute Gasteiger partial charge is 0.312 e. The highest BCUT2D eigenvalue weighted by atomic mass is 16.5. The minimum atomic E-state index is -1.59. The van der Waals surface area contributed by atoms with Crippen molar-refractivity contribution in [1.29, 1.82) is 0 Å². The molecule has 0 aliphatic heterocycles. The summed E-state index contributed by atoms with van der Waals surface area (Å²) < 4.78 is 7.59. The molecule has 23 heavy (non-hydrogen) atoms. The number of hydrogen-bond acceptors (Lipinski definition) is 4. The van der Waals surface area contributed by atoms with Gasteiger partial charge in [0.05, 0.1) is 5.97 Å². The van der Waals surface area contributed by atoms with Crippen molar-refractivity contribution in [2.75, 3.05) is 6.61 Å². The second kappa shape index (κ2) is 7.93. The molecule has 0 radical (unpaired) electrons. The number of benzene rings is 1. The van der Waals surface area contributed by atoms with Crippen LogP contribution in [0, 0.1) is 5.92 Å². The summed E-state index contributed by atoms with van der Waals surface area (Å²) in [7, 11) is 0. The Labute approximate surface area is 133 Å². The summed E-state index contributed by atoms with van der Waals surface area (Å²) in [5, 5.41) is 19.6. The number of aromatic nitrogens is 1. The van der Waals surface area contributed by atoms with Crippen molar-refractivity contribution in [3.63, 3.8) is 0 Å². The highest BCUT2D eigenvalue weighted by Crippen LogP contribution is 2.15. The molecule has 6 heteroatoms. The van der Waals surface area contributed by atoms with Gasteiger partial charge in [-0.15, -0.1) is 0 Å². The minimum Gasteiger partial charge on any atom is -0.549 e. The van der Waals surface area contributed by atoms with E-state index in [9.17, 15) is 14.7 Å². The lowest BCUT2D eigenvalue weighted by molar-refractivity contribution is -0.697. The van der Waals surface area contributed by atoms with E-state index in [0.717, 1.165) is 0 Å². The summed E-state index contributed by atoms with van der Waals surface area (Å²) in [6.07, 6.45) is 3.77. The van der Waals surface area contributed by atoms with Gasteiger partial charge in [-0.05, 0) is 24.1 Å². The zero-order valence-electron chi connectivity index (χ0n) is 12.4. The van der Waals surface area contributed by atoms with E-state index in [1.807, 2.05) is 35.2 Å². The molecule has 0 saturated carbocycles. The van der Waals surface area contributed by atoms with Gasteiger partial charge < -0.3 is 19.7 Å². The highest BCUT2D eigenvalue weighted by Gasteiger charge is 2.19. The molecule has 1 N–H and O–H groups in total. The number of hydrogen-bond donors (Lipinski definition) is 1. The first-order valence-corrected chi connectivity index (χ1v) is 7.16. The number of pyridine rings is 1. The van der Waals surface area contributed by atoms with Crippen LogP contribution in [0.3, 0.4) is 0 Å². The van der Waals surface area contributed by atoms with E-state index in [4.69, 9.17) is 9.84 Å². The Morgan fingerprint density at radius 2 is 1.78 bits per heavy atom. The molecule has 0 fully saturated rings. The van der Waals surface area contributed by atoms with Crippen LogP contribution in [0.2, 0.25) is 0 Å². The van der Waals surface area contributed by atoms with Gasteiger partial charge in [-0.25, -0.2) is 4.57 Å². The topological polar surface area (TPSA) is 90.5 Å². The second-order valence-electron chi connectivity index (χ2n) is 5.02. The van der Waals surface area contributed by atoms with Gasteiger partial charge in [-0.3, -0.25) is 4.79 Å². The van der Waals surface area contributed by atoms with Crippen LogP contribution in [0.5, 0.6) is 5.75 Å². The Kier molecular flexibility index (Phi) is 5.68. The third-order valence-corrected chi connectivity index (χ3v) is 3.34. The van der Waals surface area contributed by atoms with Gasteiger partial charge in [0, 0.05) is 12.1 Å². The van der Waals surface area contributed by atoms with E-state index >= 15 is 0 Å². The van der Waals surface area contributed by atoms with Crippen LogP contribution in [-0.2, 0) is 22.6 Å². The molecule has 0 amide bonds. The van der Waals surface area contributed by atoms with Gasteiger partial charge >= 0.3 is 5.97 Å². The molecule has 1 atom stereocenters. The van der Waals surface area contributed by atoms with E-state index in [1.54, 1.807) is 24.3 Å². The molecule has 0 spiro atoms. The molecule has 0 saturated heterocycles. The lowest BCUT2D eigenvalue weighted by Gasteiger charge is -2.13. The molecule has 0 aliphatic rings. The molecule has 120 valence electrons. The van der Waals surface area contributed by atoms with E-state index < -0.39 is 17.9 Å². The molecular formula is C17H17NO5. The first-order valence-electron chi connectivity index (χ1n) is 7.16. The number of nitrogens with zero attached hydrogens (tertiary/aromatic N) is 1. The monoisotopic (exact) mass is 315 g/mol. The van der Waals surface area contributed by atoms with Crippen molar-refractivity contribution in [1.82, 2.24) is 0 Å². The molecule has 1 heterocycles. The lowest BCUT2D eigenvalue weighted by Crippen LogP contribution is -2.37. The number of rotatable bonds is 8. The van der Waals surface area contributed by atoms with E-state index in [-0.39, 0.29) is 6.42 Å². The largest absolute Gasteiger partial charge is 0.549 e. The second-order valence-corrected chi connectivity index (χ2v) is 5.02. The lowest BCUT2D eigenvalue weighted by atomic mass is 10.00. The number of carbonyl (C=O) groups excluding carboxylic acids is 1. The molecule has 0 aliphatic carbocycles. The van der Waals surface area contributed by atoms with Crippen molar-refractivity contribution in [3.05, 3.63) is 60.4 Å². The van der Waals surface area contributed by atoms with Crippen molar-refractivity contribution < 1.29 is 29.1 Å². The fourth-order valence-electron chi connectivity index (χ4n) is 2.08. The van der Waals surface area contributed by atoms with E-state index in [2.05, 4.69) is 0 Å². The molecule has 2 rings (SSSR count). The maximum atomic E-state index is 10.8. The van der Waals surface area contributed by atoms with Crippen molar-refractivity contribution >= 4 is 11.9 Å². The summed E-state index contributed by atoms with van der Waals surface area (Å²) in [4.78, 5) is 21.6. The van der Waals surface area contributed by atoms with Crippen molar-refractivity contribution in [2.24, 2.45) is 5.92 Å². The molecule has 1 unspecified atom stereocenters. The minimum absolute atomic E-state index is 0.113. The predicted molar refractivity (Wildman–Crippen MR) is 78.4 cm³/mol. The molecule has 1 aromatic heterocycles. The third-order valence-electron chi connectivity index (χ3n) is 3.34. The third kappa shape index (κ3) is 5.10. The summed E-state index contributed by atoms with van der Waals surface area (Å²) in [6, 6.07) is 12.5. The number of ether oxygens (including phenoxy) is 1. The van der Waals surface area contributed by atoms with E-state index in [0.29, 0.717) is 24.5 Å². The van der Waals surface area contributed by atoms with Gasteiger partial charge in [-0.2, -0.15) is 0 Å². The first kappa shape index (κ1) is 16.5. The zero-order chi connectivity index (χ0) is 16.7. The summed E-state index contributed by atoms with van der Waals surface area (Å²) in [6.45, 7) is 1.19. The molecule has 6 nitrogen and oxygen atoms in total. The van der Waals surface area contributed by atoms with Gasteiger partial charge in [0.1, 0.15) is 18.3 Å². The van der Waals surface area contributed by atoms with E-state index in [1.165, 1.54) is 0 Å². The van der Waals surface area contributed by atoms with Gasteiger partial charge in [0.2, 0.25) is 0 Å². The highest BCUT2D eigenvalue weighted by molar-refractivity contribution is 5.92. The number of carboxylic acid groups (broad SMARTS) is 2. The Morgan fingerprint density at radius 1 is 1.13 bits per heavy atom. The van der Waals surface area contributed by atoms with Crippen LogP contribution in [0.4, 0.5) is 0 Å². The Balaban J connectivity index is 1.87. The van der Waals surface area contributed by atoms with Gasteiger partial charge in [0.15, 0.2) is 18.9 Å². The fraction of sp³-hybridized carbons (Fsp3) is 0.235. The predicted octanol–water partition coefficient (Wildman–Crippen LogP) is 0.0463. The molecule has 2 aromatic rings. The van der Waals surface area contributed by atoms with Gasteiger partial charge in [-0.1, -0.05) is 18.2 Å². The average molecular weight is 315 g/mol.